The third-order valence-corrected chi connectivity index (χ3v) is 5.96. The molecule has 8 heteroatoms. The van der Waals surface area contributed by atoms with Gasteiger partial charge in [0, 0.05) is 55.4 Å². The summed E-state index contributed by atoms with van der Waals surface area (Å²) in [7, 11) is 3.27. The van der Waals surface area contributed by atoms with Gasteiger partial charge in [-0.1, -0.05) is 24.3 Å². The van der Waals surface area contributed by atoms with Gasteiger partial charge >= 0.3 is 12.0 Å². The van der Waals surface area contributed by atoms with Crippen molar-refractivity contribution < 1.29 is 18.7 Å². The normalized spacial score (nSPS) is 14.0. The van der Waals surface area contributed by atoms with Crippen LogP contribution in [0.2, 0.25) is 0 Å². The highest BCUT2D eigenvalue weighted by Crippen LogP contribution is 2.27. The van der Waals surface area contributed by atoms with E-state index in [0.29, 0.717) is 24.3 Å². The summed E-state index contributed by atoms with van der Waals surface area (Å²) in [5.74, 6) is -1.18. The smallest absolute Gasteiger partial charge is 0.337 e. The van der Waals surface area contributed by atoms with Gasteiger partial charge in [0.1, 0.15) is 5.82 Å². The number of halogens is 1. The molecule has 1 saturated heterocycles. The number of carbonyl (C=O) groups excluding carboxylic acids is 2. The van der Waals surface area contributed by atoms with Crippen LogP contribution in [-0.4, -0.2) is 67.1 Å². The van der Waals surface area contributed by atoms with E-state index >= 15 is 0 Å². The minimum absolute atomic E-state index is 0.0228. The number of carbonyl (C=O) groups is 2. The number of aromatic nitrogens is 1. The van der Waals surface area contributed by atoms with Crippen molar-refractivity contribution in [2.24, 2.45) is 0 Å². The van der Waals surface area contributed by atoms with Crippen LogP contribution in [0.25, 0.3) is 11.1 Å². The van der Waals surface area contributed by atoms with Crippen molar-refractivity contribution in [2.45, 2.75) is 6.54 Å². The van der Waals surface area contributed by atoms with Crippen LogP contribution >= 0.6 is 0 Å². The minimum atomic E-state index is -0.611. The second-order valence-corrected chi connectivity index (χ2v) is 8.25. The fourth-order valence-corrected chi connectivity index (χ4v) is 3.92. The van der Waals surface area contributed by atoms with E-state index in [-0.39, 0.29) is 18.1 Å². The van der Waals surface area contributed by atoms with Crippen LogP contribution in [0.15, 0.2) is 67.0 Å². The number of amides is 2. The highest BCUT2D eigenvalue weighted by Gasteiger charge is 2.26. The van der Waals surface area contributed by atoms with Crippen LogP contribution in [0, 0.1) is 5.82 Å². The molecule has 0 aliphatic carbocycles. The van der Waals surface area contributed by atoms with Crippen molar-refractivity contribution in [2.75, 3.05) is 45.2 Å². The Kier molecular flexibility index (Phi) is 7.18. The van der Waals surface area contributed by atoms with Crippen molar-refractivity contribution >= 4 is 17.7 Å². The monoisotopic (exact) mass is 462 g/mol. The molecule has 1 aliphatic rings. The molecule has 1 aromatic heterocycles. The molecule has 0 bridgehead atoms. The van der Waals surface area contributed by atoms with Gasteiger partial charge in [-0.05, 0) is 42.9 Å². The number of likely N-dealkylation sites (N-methyl/N-ethyl adjacent to an activating group) is 1. The van der Waals surface area contributed by atoms with Gasteiger partial charge in [-0.2, -0.15) is 0 Å². The van der Waals surface area contributed by atoms with Gasteiger partial charge in [0.2, 0.25) is 0 Å². The Morgan fingerprint density at radius 1 is 1.03 bits per heavy atom. The van der Waals surface area contributed by atoms with Gasteiger partial charge in [-0.25, -0.2) is 14.0 Å². The maximum absolute atomic E-state index is 14.9. The number of nitrogens with zero attached hydrogens (tertiary/aromatic N) is 4. The molecular formula is C26H27FN4O3. The molecule has 0 atom stereocenters. The summed E-state index contributed by atoms with van der Waals surface area (Å²) in [5.41, 5.74) is 2.91. The predicted octanol–water partition coefficient (Wildman–Crippen LogP) is 4.05. The molecule has 0 radical (unpaired) electrons. The Morgan fingerprint density at radius 3 is 2.47 bits per heavy atom. The predicted molar refractivity (Wildman–Crippen MR) is 128 cm³/mol. The summed E-state index contributed by atoms with van der Waals surface area (Å²) >= 11 is 0. The van der Waals surface area contributed by atoms with Crippen molar-refractivity contribution in [3.8, 4) is 11.1 Å². The van der Waals surface area contributed by atoms with E-state index in [0.717, 1.165) is 30.3 Å². The Bertz CT molecular complexity index is 1160. The number of rotatable bonds is 5. The average molecular weight is 463 g/mol. The lowest BCUT2D eigenvalue weighted by Crippen LogP contribution is -2.52. The molecule has 0 N–H and O–H groups in total. The second-order valence-electron chi connectivity index (χ2n) is 8.25. The first-order valence-corrected chi connectivity index (χ1v) is 11.1. The zero-order valence-electron chi connectivity index (χ0n) is 19.3. The maximum Gasteiger partial charge on any atom is 0.337 e. The van der Waals surface area contributed by atoms with Crippen LogP contribution in [0.4, 0.5) is 14.9 Å². The van der Waals surface area contributed by atoms with Gasteiger partial charge in [-0.15, -0.1) is 0 Å². The summed E-state index contributed by atoms with van der Waals surface area (Å²) < 4.78 is 19.6. The first-order chi connectivity index (χ1) is 16.5. The van der Waals surface area contributed by atoms with Crippen LogP contribution in [0.1, 0.15) is 15.9 Å². The first kappa shape index (κ1) is 23.4. The average Bonchev–Trinajstić information content (AvgIpc) is 2.88. The zero-order valence-corrected chi connectivity index (χ0v) is 19.3. The number of benzene rings is 2. The topological polar surface area (TPSA) is 66.0 Å². The van der Waals surface area contributed by atoms with Crippen LogP contribution < -0.4 is 4.90 Å². The third kappa shape index (κ3) is 5.23. The van der Waals surface area contributed by atoms with Gasteiger partial charge in [0.25, 0.3) is 0 Å². The first-order valence-electron chi connectivity index (χ1n) is 11.1. The van der Waals surface area contributed by atoms with Gasteiger partial charge < -0.3 is 14.5 Å². The number of urea groups is 1. The van der Waals surface area contributed by atoms with Crippen molar-refractivity contribution in [3.05, 3.63) is 83.9 Å². The molecule has 176 valence electrons. The number of hydrogen-bond donors (Lipinski definition) is 0. The number of ether oxygens (including phenoxy) is 1. The number of hydrogen-bond acceptors (Lipinski definition) is 5. The van der Waals surface area contributed by atoms with Crippen molar-refractivity contribution in [3.63, 3.8) is 0 Å². The molecular weight excluding hydrogens is 435 g/mol. The molecule has 0 spiro atoms. The number of methoxy groups -OCH3 is 1. The Hall–Kier alpha value is -3.78. The summed E-state index contributed by atoms with van der Waals surface area (Å²) in [4.78, 5) is 35.1. The molecule has 1 fully saturated rings. The van der Waals surface area contributed by atoms with E-state index in [4.69, 9.17) is 0 Å². The third-order valence-electron chi connectivity index (χ3n) is 5.96. The molecule has 2 amide bonds. The van der Waals surface area contributed by atoms with Gasteiger partial charge in [-0.3, -0.25) is 9.88 Å². The van der Waals surface area contributed by atoms with E-state index in [9.17, 15) is 14.0 Å². The standard InChI is InChI=1S/C26H27FN4O3/c1-29-11-13-30(14-12-29)26(33)31(18-22-9-8-20(16-24(22)27)25(32)34-2)23-7-3-5-19(15-23)21-6-4-10-28-17-21/h3-10,15-17H,11-14,18H2,1-2H3. The lowest BCUT2D eigenvalue weighted by Gasteiger charge is -2.36. The minimum Gasteiger partial charge on any atom is -0.465 e. The lowest BCUT2D eigenvalue weighted by atomic mass is 10.1. The highest BCUT2D eigenvalue weighted by molar-refractivity contribution is 5.93. The summed E-state index contributed by atoms with van der Waals surface area (Å²) in [5, 5.41) is 0. The lowest BCUT2D eigenvalue weighted by molar-refractivity contribution is 0.0600. The zero-order chi connectivity index (χ0) is 24.1. The largest absolute Gasteiger partial charge is 0.465 e. The molecule has 34 heavy (non-hydrogen) atoms. The molecule has 4 rings (SSSR count). The fraction of sp³-hybridized carbons (Fsp3) is 0.269. The Labute approximate surface area is 198 Å². The van der Waals surface area contributed by atoms with E-state index < -0.39 is 11.8 Å². The Balaban J connectivity index is 1.68. The number of pyridine rings is 1. The SMILES string of the molecule is COC(=O)c1ccc(CN(C(=O)N2CCN(C)CC2)c2cccc(-c3cccnc3)c2)c(F)c1. The Morgan fingerprint density at radius 2 is 1.79 bits per heavy atom. The molecule has 0 unspecified atom stereocenters. The molecule has 7 nitrogen and oxygen atoms in total. The maximum atomic E-state index is 14.9. The fourth-order valence-electron chi connectivity index (χ4n) is 3.92. The second kappa shape index (κ2) is 10.4. The van der Waals surface area contributed by atoms with E-state index in [1.807, 2.05) is 43.4 Å². The quantitative estimate of drug-likeness (QED) is 0.536. The van der Waals surface area contributed by atoms with E-state index in [2.05, 4.69) is 14.6 Å². The number of anilines is 1. The van der Waals surface area contributed by atoms with Crippen LogP contribution in [0.5, 0.6) is 0 Å². The van der Waals surface area contributed by atoms with Crippen LogP contribution in [-0.2, 0) is 11.3 Å². The summed E-state index contributed by atoms with van der Waals surface area (Å²) in [6.07, 6.45) is 3.47. The highest BCUT2D eigenvalue weighted by atomic mass is 19.1. The number of esters is 1. The molecule has 1 aliphatic heterocycles. The van der Waals surface area contributed by atoms with E-state index in [1.54, 1.807) is 22.2 Å². The molecule has 2 heterocycles. The van der Waals surface area contributed by atoms with E-state index in [1.165, 1.54) is 19.2 Å². The number of piperazine rings is 1. The van der Waals surface area contributed by atoms with Gasteiger partial charge in [0.05, 0.1) is 19.2 Å². The molecule has 2 aromatic carbocycles. The summed E-state index contributed by atoms with van der Waals surface area (Å²) in [6, 6.07) is 15.4. The van der Waals surface area contributed by atoms with Crippen LogP contribution in [0.3, 0.4) is 0 Å². The molecule has 0 saturated carbocycles. The summed E-state index contributed by atoms with van der Waals surface area (Å²) in [6.45, 7) is 2.76. The van der Waals surface area contributed by atoms with Crippen molar-refractivity contribution in [1.82, 2.24) is 14.8 Å². The van der Waals surface area contributed by atoms with Crippen molar-refractivity contribution in [1.29, 1.82) is 0 Å². The molecule has 3 aromatic rings. The van der Waals surface area contributed by atoms with Gasteiger partial charge in [0.15, 0.2) is 0 Å².